The summed E-state index contributed by atoms with van der Waals surface area (Å²) in [6, 6.07) is 7.22. The van der Waals surface area contributed by atoms with Crippen LogP contribution in [0, 0.1) is 0 Å². The first-order valence-corrected chi connectivity index (χ1v) is 7.74. The molecule has 0 spiro atoms. The van der Waals surface area contributed by atoms with Gasteiger partial charge in [0.2, 0.25) is 11.7 Å². The van der Waals surface area contributed by atoms with Gasteiger partial charge >= 0.3 is 0 Å². The molecule has 24 heavy (non-hydrogen) atoms. The Labute approximate surface area is 140 Å². The van der Waals surface area contributed by atoms with Gasteiger partial charge in [-0.05, 0) is 18.6 Å². The van der Waals surface area contributed by atoms with E-state index in [0.29, 0.717) is 17.3 Å². The second-order valence-corrected chi connectivity index (χ2v) is 5.48. The van der Waals surface area contributed by atoms with Crippen molar-refractivity contribution in [3.63, 3.8) is 0 Å². The summed E-state index contributed by atoms with van der Waals surface area (Å²) in [6.07, 6.45) is 5.09. The average Bonchev–Trinajstić information content (AvgIpc) is 2.62. The van der Waals surface area contributed by atoms with Gasteiger partial charge < -0.3 is 15.8 Å². The number of rotatable bonds is 5. The standard InChI is InChI=1S/C17H19N5O2/c1-24-14-5-3-2-4-12(14)15(23)13-10-20-17(22-16(13)18)21-11-6-8-19-9-7-11/h2-5,8,10-11H,6-7,9H2,1H3,(H3,18,20,21,22). The van der Waals surface area contributed by atoms with Crippen LogP contribution >= 0.6 is 0 Å². The average molecular weight is 325 g/mol. The molecule has 3 rings (SSSR count). The highest BCUT2D eigenvalue weighted by Gasteiger charge is 2.19. The first-order valence-electron chi connectivity index (χ1n) is 7.74. The number of nitrogen functional groups attached to an aromatic ring is 1. The van der Waals surface area contributed by atoms with Crippen LogP contribution in [0.15, 0.2) is 35.5 Å². The molecule has 1 aromatic carbocycles. The number of aliphatic imine (C=N–C) groups is 1. The van der Waals surface area contributed by atoms with E-state index in [1.807, 2.05) is 6.21 Å². The van der Waals surface area contributed by atoms with Crippen LogP contribution < -0.4 is 15.8 Å². The molecule has 1 aliphatic heterocycles. The monoisotopic (exact) mass is 325 g/mol. The Morgan fingerprint density at radius 1 is 1.33 bits per heavy atom. The van der Waals surface area contributed by atoms with Gasteiger partial charge in [0.15, 0.2) is 0 Å². The van der Waals surface area contributed by atoms with Gasteiger partial charge in [-0.25, -0.2) is 4.98 Å². The zero-order valence-electron chi connectivity index (χ0n) is 13.4. The molecular formula is C17H19N5O2. The zero-order chi connectivity index (χ0) is 16.9. The number of nitrogens with two attached hydrogens (primary N) is 1. The number of aromatic nitrogens is 2. The number of carbonyl (C=O) groups is 1. The van der Waals surface area contributed by atoms with Gasteiger partial charge in [-0.3, -0.25) is 9.79 Å². The van der Waals surface area contributed by atoms with Crippen LogP contribution in [-0.4, -0.2) is 41.7 Å². The van der Waals surface area contributed by atoms with Crippen molar-refractivity contribution < 1.29 is 9.53 Å². The summed E-state index contributed by atoms with van der Waals surface area (Å²) in [4.78, 5) is 25.3. The third-order valence-electron chi connectivity index (χ3n) is 3.87. The molecule has 1 aromatic heterocycles. The molecule has 1 atom stereocenters. The molecule has 7 heteroatoms. The molecule has 0 saturated carbocycles. The Bertz CT molecular complexity index is 775. The smallest absolute Gasteiger partial charge is 0.224 e. The van der Waals surface area contributed by atoms with Crippen LogP contribution in [0.2, 0.25) is 0 Å². The minimum absolute atomic E-state index is 0.146. The lowest BCUT2D eigenvalue weighted by Gasteiger charge is -2.19. The summed E-state index contributed by atoms with van der Waals surface area (Å²) in [5.41, 5.74) is 6.67. The first kappa shape index (κ1) is 15.9. The molecule has 0 bridgehead atoms. The van der Waals surface area contributed by atoms with E-state index in [4.69, 9.17) is 10.5 Å². The zero-order valence-corrected chi connectivity index (χ0v) is 13.4. The minimum atomic E-state index is -0.263. The lowest BCUT2D eigenvalue weighted by atomic mass is 10.0. The Morgan fingerprint density at radius 3 is 2.88 bits per heavy atom. The molecule has 124 valence electrons. The summed E-state index contributed by atoms with van der Waals surface area (Å²) in [6.45, 7) is 0.789. The third-order valence-corrected chi connectivity index (χ3v) is 3.87. The SMILES string of the molecule is COc1ccccc1C(=O)c1cnc(NC2CC=NCC2)nc1N. The van der Waals surface area contributed by atoms with Gasteiger partial charge in [0.25, 0.3) is 0 Å². The van der Waals surface area contributed by atoms with Crippen LogP contribution in [0.5, 0.6) is 5.75 Å². The van der Waals surface area contributed by atoms with Crippen molar-refractivity contribution in [1.29, 1.82) is 0 Å². The lowest BCUT2D eigenvalue weighted by molar-refractivity contribution is 0.103. The molecular weight excluding hydrogens is 306 g/mol. The number of hydrogen-bond donors (Lipinski definition) is 2. The van der Waals surface area contributed by atoms with Crippen LogP contribution in [0.25, 0.3) is 0 Å². The molecule has 7 nitrogen and oxygen atoms in total. The fraction of sp³-hybridized carbons (Fsp3) is 0.294. The van der Waals surface area contributed by atoms with Crippen molar-refractivity contribution in [2.24, 2.45) is 4.99 Å². The van der Waals surface area contributed by atoms with E-state index in [2.05, 4.69) is 20.3 Å². The van der Waals surface area contributed by atoms with Crippen molar-refractivity contribution in [3.8, 4) is 5.75 Å². The molecule has 0 fully saturated rings. The van der Waals surface area contributed by atoms with Crippen molar-refractivity contribution in [2.45, 2.75) is 18.9 Å². The molecule has 0 amide bonds. The number of anilines is 2. The number of ether oxygens (including phenoxy) is 1. The van der Waals surface area contributed by atoms with E-state index >= 15 is 0 Å². The summed E-state index contributed by atoms with van der Waals surface area (Å²) in [5, 5.41) is 3.22. The largest absolute Gasteiger partial charge is 0.496 e. The molecule has 1 aliphatic rings. The second-order valence-electron chi connectivity index (χ2n) is 5.48. The van der Waals surface area contributed by atoms with E-state index < -0.39 is 0 Å². The Kier molecular flexibility index (Phi) is 4.69. The maximum atomic E-state index is 12.7. The van der Waals surface area contributed by atoms with Crippen LogP contribution in [0.4, 0.5) is 11.8 Å². The van der Waals surface area contributed by atoms with Crippen molar-refractivity contribution in [3.05, 3.63) is 41.6 Å². The van der Waals surface area contributed by atoms with Gasteiger partial charge in [0, 0.05) is 31.4 Å². The molecule has 0 aliphatic carbocycles. The van der Waals surface area contributed by atoms with E-state index in [1.54, 1.807) is 24.3 Å². The highest BCUT2D eigenvalue weighted by atomic mass is 16.5. The Morgan fingerprint density at radius 2 is 2.17 bits per heavy atom. The Balaban J connectivity index is 1.81. The van der Waals surface area contributed by atoms with E-state index in [1.165, 1.54) is 13.3 Å². The molecule has 0 radical (unpaired) electrons. The maximum absolute atomic E-state index is 12.7. The molecule has 0 saturated heterocycles. The first-order chi connectivity index (χ1) is 11.7. The van der Waals surface area contributed by atoms with Crippen molar-refractivity contribution >= 4 is 23.8 Å². The van der Waals surface area contributed by atoms with Crippen molar-refractivity contribution in [2.75, 3.05) is 24.7 Å². The third kappa shape index (κ3) is 3.34. The minimum Gasteiger partial charge on any atom is -0.496 e. The molecule has 3 N–H and O–H groups in total. The predicted molar refractivity (Wildman–Crippen MR) is 92.9 cm³/mol. The van der Waals surface area contributed by atoms with Gasteiger partial charge in [-0.2, -0.15) is 4.98 Å². The number of para-hydroxylation sites is 1. The highest BCUT2D eigenvalue weighted by molar-refractivity contribution is 6.13. The van der Waals surface area contributed by atoms with Crippen LogP contribution in [0.1, 0.15) is 28.8 Å². The molecule has 2 aromatic rings. The number of ketones is 1. The fourth-order valence-corrected chi connectivity index (χ4v) is 2.57. The number of hydrogen-bond acceptors (Lipinski definition) is 7. The lowest BCUT2D eigenvalue weighted by Crippen LogP contribution is -2.25. The van der Waals surface area contributed by atoms with Gasteiger partial charge in [-0.15, -0.1) is 0 Å². The summed E-state index contributed by atoms with van der Waals surface area (Å²) < 4.78 is 5.22. The maximum Gasteiger partial charge on any atom is 0.224 e. The number of carbonyl (C=O) groups excluding carboxylic acids is 1. The van der Waals surface area contributed by atoms with Gasteiger partial charge in [-0.1, -0.05) is 12.1 Å². The normalized spacial score (nSPS) is 16.6. The van der Waals surface area contributed by atoms with Gasteiger partial charge in [0.1, 0.15) is 11.6 Å². The number of methoxy groups -OCH3 is 1. The van der Waals surface area contributed by atoms with Gasteiger partial charge in [0.05, 0.1) is 18.2 Å². The van der Waals surface area contributed by atoms with Crippen molar-refractivity contribution in [1.82, 2.24) is 9.97 Å². The Hall–Kier alpha value is -2.96. The van der Waals surface area contributed by atoms with E-state index in [9.17, 15) is 4.79 Å². The van der Waals surface area contributed by atoms with E-state index in [0.717, 1.165) is 19.4 Å². The highest BCUT2D eigenvalue weighted by Crippen LogP contribution is 2.23. The number of nitrogens with zero attached hydrogens (tertiary/aromatic N) is 3. The number of benzene rings is 1. The summed E-state index contributed by atoms with van der Waals surface area (Å²) in [5.74, 6) is 0.796. The van der Waals surface area contributed by atoms with Crippen LogP contribution in [0.3, 0.4) is 0 Å². The second kappa shape index (κ2) is 7.08. The predicted octanol–water partition coefficient (Wildman–Crippen LogP) is 1.94. The van der Waals surface area contributed by atoms with Crippen LogP contribution in [-0.2, 0) is 0 Å². The summed E-state index contributed by atoms with van der Waals surface area (Å²) >= 11 is 0. The quantitative estimate of drug-likeness (QED) is 0.815. The topological polar surface area (TPSA) is 102 Å². The molecule has 1 unspecified atom stereocenters. The fourth-order valence-electron chi connectivity index (χ4n) is 2.57. The summed E-state index contributed by atoms with van der Waals surface area (Å²) in [7, 11) is 1.52. The van der Waals surface area contributed by atoms with E-state index in [-0.39, 0.29) is 23.2 Å². The number of nitrogens with one attached hydrogen (secondary N) is 1. The molecule has 2 heterocycles.